The van der Waals surface area contributed by atoms with Gasteiger partial charge in [-0.3, -0.25) is 34.4 Å². The van der Waals surface area contributed by atoms with Crippen molar-refractivity contribution in [3.8, 4) is 0 Å². The van der Waals surface area contributed by atoms with Gasteiger partial charge in [-0.05, 0) is 18.1 Å². The van der Waals surface area contributed by atoms with Crippen molar-refractivity contribution < 1.29 is 19.3 Å². The van der Waals surface area contributed by atoms with Crippen LogP contribution in [0, 0.1) is 22.0 Å². The Labute approximate surface area is 177 Å². The van der Waals surface area contributed by atoms with Gasteiger partial charge in [-0.1, -0.05) is 36.4 Å². The molecule has 0 aromatic heterocycles. The maximum absolute atomic E-state index is 13.6. The lowest BCUT2D eigenvalue weighted by Crippen LogP contribution is -2.44. The third-order valence-electron chi connectivity index (χ3n) is 6.31. The predicted octanol–water partition coefficient (Wildman–Crippen LogP) is 2.17. The van der Waals surface area contributed by atoms with Gasteiger partial charge in [0.2, 0.25) is 11.8 Å². The number of rotatable bonds is 4. The largest absolute Gasteiger partial charge is 0.292 e. The fraction of sp³-hybridized carbons (Fsp3) is 0.273. The number of ketones is 1. The van der Waals surface area contributed by atoms with Crippen molar-refractivity contribution in [1.29, 1.82) is 0 Å². The molecule has 3 aliphatic heterocycles. The number of nitrogens with zero attached hydrogens (tertiary/aromatic N) is 4. The quantitative estimate of drug-likeness (QED) is 0.325. The summed E-state index contributed by atoms with van der Waals surface area (Å²) in [6, 6.07) is 11.3. The summed E-state index contributed by atoms with van der Waals surface area (Å²) in [4.78, 5) is 51.7. The molecule has 2 saturated heterocycles. The van der Waals surface area contributed by atoms with Crippen LogP contribution in [0.4, 0.5) is 5.69 Å². The third kappa shape index (κ3) is 2.62. The molecule has 3 aliphatic rings. The van der Waals surface area contributed by atoms with E-state index in [-0.39, 0.29) is 23.7 Å². The van der Waals surface area contributed by atoms with Crippen LogP contribution in [0.3, 0.4) is 0 Å². The van der Waals surface area contributed by atoms with Crippen molar-refractivity contribution in [1.82, 2.24) is 9.91 Å². The monoisotopic (exact) mass is 418 g/mol. The number of fused-ring (bicyclic) bond motifs is 5. The number of hydrogen-bond donors (Lipinski definition) is 0. The zero-order valence-corrected chi connectivity index (χ0v) is 16.5. The van der Waals surface area contributed by atoms with Gasteiger partial charge in [0.1, 0.15) is 6.04 Å². The molecule has 0 saturated carbocycles. The van der Waals surface area contributed by atoms with Gasteiger partial charge in [0.25, 0.3) is 5.69 Å². The van der Waals surface area contributed by atoms with Gasteiger partial charge in [0.15, 0.2) is 5.78 Å². The topological polar surface area (TPSA) is 113 Å². The minimum Gasteiger partial charge on any atom is -0.292 e. The van der Waals surface area contributed by atoms with E-state index in [0.717, 1.165) is 11.1 Å². The highest BCUT2D eigenvalue weighted by Crippen LogP contribution is 2.52. The second kappa shape index (κ2) is 6.83. The lowest BCUT2D eigenvalue weighted by Gasteiger charge is -2.33. The molecule has 156 valence electrons. The summed E-state index contributed by atoms with van der Waals surface area (Å²) < 4.78 is 0. The predicted molar refractivity (Wildman–Crippen MR) is 109 cm³/mol. The highest BCUT2D eigenvalue weighted by atomic mass is 16.6. The second-order valence-corrected chi connectivity index (χ2v) is 7.79. The molecule has 0 spiro atoms. The Morgan fingerprint density at radius 2 is 1.84 bits per heavy atom. The summed E-state index contributed by atoms with van der Waals surface area (Å²) in [5.74, 6) is -2.81. The number of benzene rings is 2. The molecule has 3 heterocycles. The molecule has 4 atom stereocenters. The number of amides is 2. The van der Waals surface area contributed by atoms with E-state index in [4.69, 9.17) is 0 Å². The molecule has 0 aliphatic carbocycles. The minimum absolute atomic E-state index is 0.114. The fourth-order valence-corrected chi connectivity index (χ4v) is 4.99. The number of nitro benzene ring substituents is 1. The molecule has 31 heavy (non-hydrogen) atoms. The molecule has 5 rings (SSSR count). The van der Waals surface area contributed by atoms with Crippen LogP contribution in [0.25, 0.3) is 0 Å². The Bertz CT molecular complexity index is 1180. The Morgan fingerprint density at radius 3 is 2.58 bits per heavy atom. The molecule has 0 unspecified atom stereocenters. The number of nitro groups is 1. The lowest BCUT2D eigenvalue weighted by molar-refractivity contribution is -0.384. The molecule has 2 aromatic carbocycles. The van der Waals surface area contributed by atoms with Gasteiger partial charge in [0, 0.05) is 24.2 Å². The first-order valence-electron chi connectivity index (χ1n) is 9.99. The van der Waals surface area contributed by atoms with Crippen molar-refractivity contribution in [2.45, 2.75) is 19.0 Å². The molecular weight excluding hydrogens is 400 g/mol. The normalized spacial score (nSPS) is 26.0. The average Bonchev–Trinajstić information content (AvgIpc) is 3.25. The number of carbonyl (C=O) groups is 3. The number of hydrazone groups is 1. The van der Waals surface area contributed by atoms with Crippen LogP contribution in [0.5, 0.6) is 0 Å². The maximum atomic E-state index is 13.6. The van der Waals surface area contributed by atoms with Gasteiger partial charge in [-0.2, -0.15) is 5.10 Å². The van der Waals surface area contributed by atoms with Crippen molar-refractivity contribution in [3.05, 3.63) is 75.3 Å². The van der Waals surface area contributed by atoms with Gasteiger partial charge in [0.05, 0.1) is 29.0 Å². The van der Waals surface area contributed by atoms with E-state index >= 15 is 0 Å². The zero-order valence-electron chi connectivity index (χ0n) is 16.5. The van der Waals surface area contributed by atoms with E-state index in [1.54, 1.807) is 18.1 Å². The van der Waals surface area contributed by atoms with Crippen LogP contribution < -0.4 is 0 Å². The summed E-state index contributed by atoms with van der Waals surface area (Å²) in [5.41, 5.74) is 1.57. The van der Waals surface area contributed by atoms with Crippen molar-refractivity contribution in [2.75, 3.05) is 6.54 Å². The van der Waals surface area contributed by atoms with Gasteiger partial charge >= 0.3 is 0 Å². The summed E-state index contributed by atoms with van der Waals surface area (Å²) in [5, 5.41) is 17.2. The zero-order chi connectivity index (χ0) is 21.9. The first-order valence-corrected chi connectivity index (χ1v) is 9.99. The SMILES string of the molecule is CCN1C(=O)[C@@H]2[C@H](C1=O)[C@H]1c3ccccc3C=NN1[C@@H]2C(=O)c1cccc([N+](=O)[O-])c1. The molecule has 2 fully saturated rings. The standard InChI is InChI=1S/C22H18N4O5/c1-2-24-21(28)16-17(22(24)29)19(20(27)12-7-5-8-14(10-12)26(30)31)25-18(16)15-9-4-3-6-13(15)11-23-25/h3-11,16-19H,2H2,1H3/t16-,17+,18+,19-/m0/s1. The Morgan fingerprint density at radius 1 is 1.10 bits per heavy atom. The molecule has 0 radical (unpaired) electrons. The molecule has 0 bridgehead atoms. The number of non-ortho nitro benzene ring substituents is 1. The molecule has 2 amide bonds. The van der Waals surface area contributed by atoms with Gasteiger partial charge in [-0.15, -0.1) is 0 Å². The minimum atomic E-state index is -1.02. The summed E-state index contributed by atoms with van der Waals surface area (Å²) in [6.45, 7) is 1.94. The molecule has 0 N–H and O–H groups in total. The van der Waals surface area contributed by atoms with Crippen molar-refractivity contribution in [2.24, 2.45) is 16.9 Å². The average molecular weight is 418 g/mol. The number of hydrogen-bond acceptors (Lipinski definition) is 7. The number of carbonyl (C=O) groups excluding carboxylic acids is 3. The smallest absolute Gasteiger partial charge is 0.270 e. The fourth-order valence-electron chi connectivity index (χ4n) is 4.99. The third-order valence-corrected chi connectivity index (χ3v) is 6.31. The number of likely N-dealkylation sites (tertiary alicyclic amines) is 1. The van der Waals surface area contributed by atoms with E-state index in [1.807, 2.05) is 24.3 Å². The van der Waals surface area contributed by atoms with Crippen LogP contribution in [0.2, 0.25) is 0 Å². The Balaban J connectivity index is 1.64. The highest BCUT2D eigenvalue weighted by molar-refractivity contribution is 6.12. The first-order chi connectivity index (χ1) is 14.9. The van der Waals surface area contributed by atoms with Crippen molar-refractivity contribution >= 4 is 29.5 Å². The molecule has 9 nitrogen and oxygen atoms in total. The van der Waals surface area contributed by atoms with Gasteiger partial charge in [-0.25, -0.2) is 0 Å². The number of imide groups is 1. The van der Waals surface area contributed by atoms with E-state index < -0.39 is 40.5 Å². The van der Waals surface area contributed by atoms with Crippen LogP contribution >= 0.6 is 0 Å². The maximum Gasteiger partial charge on any atom is 0.270 e. The van der Waals surface area contributed by atoms with Crippen LogP contribution in [0.15, 0.2) is 53.6 Å². The second-order valence-electron chi connectivity index (χ2n) is 7.79. The molecule has 9 heteroatoms. The Hall–Kier alpha value is -3.88. The Kier molecular flexibility index (Phi) is 4.21. The van der Waals surface area contributed by atoms with E-state index in [2.05, 4.69) is 5.10 Å². The van der Waals surface area contributed by atoms with Crippen LogP contribution in [-0.4, -0.2) is 51.2 Å². The van der Waals surface area contributed by atoms with Crippen molar-refractivity contribution in [3.63, 3.8) is 0 Å². The summed E-state index contributed by atoms with van der Waals surface area (Å²) in [6.07, 6.45) is 1.62. The highest BCUT2D eigenvalue weighted by Gasteiger charge is 2.64. The van der Waals surface area contributed by atoms with Gasteiger partial charge < -0.3 is 0 Å². The van der Waals surface area contributed by atoms with E-state index in [1.165, 1.54) is 29.2 Å². The summed E-state index contributed by atoms with van der Waals surface area (Å²) >= 11 is 0. The summed E-state index contributed by atoms with van der Waals surface area (Å²) in [7, 11) is 0. The van der Waals surface area contributed by atoms with Crippen LogP contribution in [-0.2, 0) is 9.59 Å². The van der Waals surface area contributed by atoms with E-state index in [0.29, 0.717) is 0 Å². The van der Waals surface area contributed by atoms with Crippen LogP contribution in [0.1, 0.15) is 34.5 Å². The first kappa shape index (κ1) is 19.1. The number of Topliss-reactive ketones (excluding diaryl/α,β-unsaturated/α-hetero) is 1. The van der Waals surface area contributed by atoms with E-state index in [9.17, 15) is 24.5 Å². The lowest BCUT2D eigenvalue weighted by atomic mass is 9.83. The molecular formula is C22H18N4O5. The molecule has 2 aromatic rings.